The minimum atomic E-state index is -0.176. The number of hydrogen-bond donors (Lipinski definition) is 1. The molecule has 3 nitrogen and oxygen atoms in total. The number of carbonyl (C=O) groups excluding carboxylic acids is 1. The van der Waals surface area contributed by atoms with Gasteiger partial charge in [-0.3, -0.25) is 10.1 Å². The van der Waals surface area contributed by atoms with Crippen molar-refractivity contribution in [3.8, 4) is 0 Å². The monoisotopic (exact) mass is 288 g/mol. The Morgan fingerprint density at radius 2 is 1.90 bits per heavy atom. The summed E-state index contributed by atoms with van der Waals surface area (Å²) in [6.07, 6.45) is 5.89. The maximum atomic E-state index is 12.8. The lowest BCUT2D eigenvalue weighted by molar-refractivity contribution is -0.132. The Hall–Kier alpha value is -1.35. The lowest BCUT2D eigenvalue weighted by atomic mass is 10.1. The summed E-state index contributed by atoms with van der Waals surface area (Å²) >= 11 is 0. The van der Waals surface area contributed by atoms with Crippen LogP contribution in [0, 0.1) is 0 Å². The molecule has 1 aromatic rings. The van der Waals surface area contributed by atoms with Crippen molar-refractivity contribution in [2.75, 3.05) is 0 Å². The van der Waals surface area contributed by atoms with Crippen molar-refractivity contribution >= 4 is 5.91 Å². The Kier molecular flexibility index (Phi) is 5.80. The van der Waals surface area contributed by atoms with Crippen LogP contribution in [-0.4, -0.2) is 23.0 Å². The number of carbonyl (C=O) groups is 1. The second kappa shape index (κ2) is 7.60. The average molecular weight is 288 g/mol. The molecular weight excluding hydrogens is 260 g/mol. The van der Waals surface area contributed by atoms with E-state index in [1.54, 1.807) is 0 Å². The number of hydrogen-bond acceptors (Lipinski definition) is 2. The fourth-order valence-electron chi connectivity index (χ4n) is 3.20. The number of amides is 1. The highest BCUT2D eigenvalue weighted by molar-refractivity contribution is 5.86. The standard InChI is InChI=1S/C18H28N2O/c1-4-6-8-11-14(3)20-16(5-2)19-17(18(20)21)15-12-9-7-10-13-15/h7,9-10,12-14,16-17,19H,4-6,8,11H2,1-3H3. The van der Waals surface area contributed by atoms with Gasteiger partial charge in [-0.05, 0) is 25.3 Å². The fourth-order valence-corrected chi connectivity index (χ4v) is 3.20. The normalized spacial score (nSPS) is 23.6. The molecule has 1 aliphatic heterocycles. The minimum absolute atomic E-state index is 0.166. The molecule has 2 rings (SSSR count). The summed E-state index contributed by atoms with van der Waals surface area (Å²) in [5.74, 6) is 0.233. The summed E-state index contributed by atoms with van der Waals surface area (Å²) in [4.78, 5) is 14.9. The van der Waals surface area contributed by atoms with Crippen LogP contribution in [0.15, 0.2) is 30.3 Å². The molecular formula is C18H28N2O. The van der Waals surface area contributed by atoms with Gasteiger partial charge >= 0.3 is 0 Å². The summed E-state index contributed by atoms with van der Waals surface area (Å²) in [6, 6.07) is 10.2. The molecule has 0 aliphatic carbocycles. The highest BCUT2D eigenvalue weighted by Crippen LogP contribution is 2.28. The molecule has 0 bridgehead atoms. The van der Waals surface area contributed by atoms with E-state index < -0.39 is 0 Å². The Balaban J connectivity index is 2.08. The highest BCUT2D eigenvalue weighted by Gasteiger charge is 2.40. The molecule has 0 saturated carbocycles. The topological polar surface area (TPSA) is 32.3 Å². The summed E-state index contributed by atoms with van der Waals surface area (Å²) < 4.78 is 0. The second-order valence-corrected chi connectivity index (χ2v) is 6.02. The molecule has 0 spiro atoms. The number of rotatable bonds is 7. The van der Waals surface area contributed by atoms with Crippen LogP contribution in [0.2, 0.25) is 0 Å². The van der Waals surface area contributed by atoms with Crippen LogP contribution in [0.4, 0.5) is 0 Å². The third-order valence-corrected chi connectivity index (χ3v) is 4.42. The molecule has 21 heavy (non-hydrogen) atoms. The summed E-state index contributed by atoms with van der Waals surface area (Å²) in [6.45, 7) is 6.54. The van der Waals surface area contributed by atoms with Crippen LogP contribution in [0.25, 0.3) is 0 Å². The molecule has 116 valence electrons. The maximum absolute atomic E-state index is 12.8. The third-order valence-electron chi connectivity index (χ3n) is 4.42. The zero-order chi connectivity index (χ0) is 15.2. The quantitative estimate of drug-likeness (QED) is 0.773. The van der Waals surface area contributed by atoms with Gasteiger partial charge in [0.2, 0.25) is 5.91 Å². The second-order valence-electron chi connectivity index (χ2n) is 6.02. The van der Waals surface area contributed by atoms with E-state index in [0.717, 1.165) is 18.4 Å². The van der Waals surface area contributed by atoms with Gasteiger partial charge in [0, 0.05) is 6.04 Å². The van der Waals surface area contributed by atoms with E-state index in [1.807, 2.05) is 30.3 Å². The van der Waals surface area contributed by atoms with Crippen molar-refractivity contribution in [2.24, 2.45) is 0 Å². The summed E-state index contributed by atoms with van der Waals surface area (Å²) in [7, 11) is 0. The first-order valence-corrected chi connectivity index (χ1v) is 8.32. The van der Waals surface area contributed by atoms with E-state index in [4.69, 9.17) is 0 Å². The van der Waals surface area contributed by atoms with Crippen molar-refractivity contribution in [2.45, 2.75) is 71.1 Å². The molecule has 1 amide bonds. The summed E-state index contributed by atoms with van der Waals surface area (Å²) in [5.41, 5.74) is 1.07. The first-order valence-electron chi connectivity index (χ1n) is 8.32. The number of nitrogens with one attached hydrogen (secondary N) is 1. The van der Waals surface area contributed by atoms with E-state index in [2.05, 4.69) is 31.0 Å². The number of unbranched alkanes of at least 4 members (excludes halogenated alkanes) is 2. The van der Waals surface area contributed by atoms with Crippen LogP contribution in [0.3, 0.4) is 0 Å². The lowest BCUT2D eigenvalue weighted by Crippen LogP contribution is -2.42. The van der Waals surface area contributed by atoms with Gasteiger partial charge in [0.25, 0.3) is 0 Å². The average Bonchev–Trinajstić information content (AvgIpc) is 2.85. The van der Waals surface area contributed by atoms with Gasteiger partial charge in [-0.2, -0.15) is 0 Å². The van der Waals surface area contributed by atoms with Crippen molar-refractivity contribution in [1.29, 1.82) is 0 Å². The molecule has 0 radical (unpaired) electrons. The van der Waals surface area contributed by atoms with E-state index in [-0.39, 0.29) is 18.1 Å². The molecule has 1 N–H and O–H groups in total. The van der Waals surface area contributed by atoms with Crippen molar-refractivity contribution in [3.05, 3.63) is 35.9 Å². The Labute approximate surface area is 128 Å². The van der Waals surface area contributed by atoms with Crippen LogP contribution in [-0.2, 0) is 4.79 Å². The first-order chi connectivity index (χ1) is 10.2. The molecule has 0 aromatic heterocycles. The largest absolute Gasteiger partial charge is 0.323 e. The Morgan fingerprint density at radius 1 is 1.19 bits per heavy atom. The summed E-state index contributed by atoms with van der Waals surface area (Å²) in [5, 5.41) is 3.50. The molecule has 3 heteroatoms. The zero-order valence-electron chi connectivity index (χ0n) is 13.5. The Bertz CT molecular complexity index is 446. The van der Waals surface area contributed by atoms with E-state index >= 15 is 0 Å². The van der Waals surface area contributed by atoms with Gasteiger partial charge in [0.05, 0.1) is 6.17 Å². The third kappa shape index (κ3) is 3.65. The van der Waals surface area contributed by atoms with E-state index in [0.29, 0.717) is 6.04 Å². The SMILES string of the molecule is CCCCCC(C)N1C(=O)C(c2ccccc2)NC1CC. The van der Waals surface area contributed by atoms with Crippen LogP contribution in [0.5, 0.6) is 0 Å². The smallest absolute Gasteiger partial charge is 0.245 e. The molecule has 1 aliphatic rings. The van der Waals surface area contributed by atoms with Crippen LogP contribution in [0.1, 0.15) is 64.5 Å². The fraction of sp³-hybridized carbons (Fsp3) is 0.611. The minimum Gasteiger partial charge on any atom is -0.323 e. The predicted octanol–water partition coefficient (Wildman–Crippen LogP) is 3.86. The molecule has 1 fully saturated rings. The van der Waals surface area contributed by atoms with Gasteiger partial charge < -0.3 is 4.90 Å². The number of nitrogens with zero attached hydrogens (tertiary/aromatic N) is 1. The van der Waals surface area contributed by atoms with Gasteiger partial charge in [-0.1, -0.05) is 63.4 Å². The first kappa shape index (κ1) is 16.0. The molecule has 3 atom stereocenters. The molecule has 1 saturated heterocycles. The number of benzene rings is 1. The van der Waals surface area contributed by atoms with Gasteiger partial charge in [-0.15, -0.1) is 0 Å². The lowest BCUT2D eigenvalue weighted by Gasteiger charge is -2.29. The zero-order valence-corrected chi connectivity index (χ0v) is 13.5. The van der Waals surface area contributed by atoms with E-state index in [1.165, 1.54) is 19.3 Å². The molecule has 1 aromatic carbocycles. The highest BCUT2D eigenvalue weighted by atomic mass is 16.2. The van der Waals surface area contributed by atoms with Crippen molar-refractivity contribution in [3.63, 3.8) is 0 Å². The van der Waals surface area contributed by atoms with Gasteiger partial charge in [-0.25, -0.2) is 0 Å². The molecule has 1 heterocycles. The van der Waals surface area contributed by atoms with Gasteiger partial charge in [0.1, 0.15) is 6.04 Å². The van der Waals surface area contributed by atoms with Crippen LogP contribution < -0.4 is 5.32 Å². The predicted molar refractivity (Wildman–Crippen MR) is 86.8 cm³/mol. The maximum Gasteiger partial charge on any atom is 0.245 e. The van der Waals surface area contributed by atoms with Gasteiger partial charge in [0.15, 0.2) is 0 Å². The Morgan fingerprint density at radius 3 is 2.52 bits per heavy atom. The molecule has 3 unspecified atom stereocenters. The van der Waals surface area contributed by atoms with Crippen molar-refractivity contribution in [1.82, 2.24) is 10.2 Å². The van der Waals surface area contributed by atoms with Crippen LogP contribution >= 0.6 is 0 Å². The van der Waals surface area contributed by atoms with E-state index in [9.17, 15) is 4.79 Å². The van der Waals surface area contributed by atoms with Crippen molar-refractivity contribution < 1.29 is 4.79 Å².